The summed E-state index contributed by atoms with van der Waals surface area (Å²) in [5.74, 6) is 5.82. The summed E-state index contributed by atoms with van der Waals surface area (Å²) in [5, 5.41) is 3.80. The van der Waals surface area contributed by atoms with Crippen LogP contribution in [0.5, 0.6) is 0 Å². The lowest BCUT2D eigenvalue weighted by Gasteiger charge is -2.15. The van der Waals surface area contributed by atoms with Crippen LogP contribution >= 0.6 is 24.3 Å². The van der Waals surface area contributed by atoms with Gasteiger partial charge >= 0.3 is 24.3 Å². The molecule has 3 rings (SSSR count). The van der Waals surface area contributed by atoms with Crippen LogP contribution in [0.3, 0.4) is 0 Å². The van der Waals surface area contributed by atoms with Crippen molar-refractivity contribution in [2.24, 2.45) is 10.8 Å². The summed E-state index contributed by atoms with van der Waals surface area (Å²) in [6.07, 6.45) is 0.751. The highest BCUT2D eigenvalue weighted by molar-refractivity contribution is 7.58. The van der Waals surface area contributed by atoms with Gasteiger partial charge in [0.25, 0.3) is 0 Å². The SMILES string of the molecule is [N-]=[N+]=NCOC1CC(n2cc(C#CCN)c3c(N)ncnc32)OC1CO[P+](=O)O[P+](=O)OP(=O)(O)O. The van der Waals surface area contributed by atoms with Gasteiger partial charge in [-0.25, -0.2) is 14.5 Å². The number of hydrogen-bond acceptors (Lipinski definition) is 13. The summed E-state index contributed by atoms with van der Waals surface area (Å²) in [4.78, 5) is 28.1. The van der Waals surface area contributed by atoms with Crippen molar-refractivity contribution in [2.45, 2.75) is 24.9 Å². The van der Waals surface area contributed by atoms with E-state index in [4.69, 9.17) is 40.8 Å². The summed E-state index contributed by atoms with van der Waals surface area (Å²) in [5.41, 5.74) is 20.9. The molecule has 0 spiro atoms. The monoisotopic (exact) mass is 564 g/mol. The molecule has 0 amide bonds. The summed E-state index contributed by atoms with van der Waals surface area (Å²) >= 11 is 0. The molecule has 36 heavy (non-hydrogen) atoms. The predicted molar refractivity (Wildman–Crippen MR) is 121 cm³/mol. The minimum atomic E-state index is -5.13. The van der Waals surface area contributed by atoms with Gasteiger partial charge in [-0.15, -0.1) is 4.52 Å². The van der Waals surface area contributed by atoms with Gasteiger partial charge in [-0.05, 0) is 9.84 Å². The van der Waals surface area contributed by atoms with Crippen LogP contribution < -0.4 is 11.5 Å². The summed E-state index contributed by atoms with van der Waals surface area (Å²) < 4.78 is 60.1. The molecule has 1 fully saturated rings. The highest BCUT2D eigenvalue weighted by Crippen LogP contribution is 2.52. The zero-order valence-corrected chi connectivity index (χ0v) is 20.7. The maximum absolute atomic E-state index is 11.9. The van der Waals surface area contributed by atoms with E-state index in [-0.39, 0.29) is 25.5 Å². The van der Waals surface area contributed by atoms with E-state index in [0.29, 0.717) is 16.6 Å². The number of anilines is 1. The largest absolute Gasteiger partial charge is 0.758 e. The third-order valence-corrected chi connectivity index (χ3v) is 7.33. The Morgan fingerprint density at radius 3 is 2.86 bits per heavy atom. The van der Waals surface area contributed by atoms with Crippen LogP contribution in [0.15, 0.2) is 17.6 Å². The Kier molecular flexibility index (Phi) is 9.77. The van der Waals surface area contributed by atoms with Crippen LogP contribution in [0.4, 0.5) is 5.82 Å². The number of azide groups is 1. The van der Waals surface area contributed by atoms with Crippen molar-refractivity contribution in [1.82, 2.24) is 14.5 Å². The minimum absolute atomic E-state index is 0.111. The Labute approximate surface area is 204 Å². The van der Waals surface area contributed by atoms with Crippen LogP contribution in [-0.4, -0.2) is 56.4 Å². The number of nitrogens with two attached hydrogens (primary N) is 2. The first-order chi connectivity index (χ1) is 17.1. The van der Waals surface area contributed by atoms with E-state index in [1.165, 1.54) is 6.33 Å². The summed E-state index contributed by atoms with van der Waals surface area (Å²) in [6.45, 7) is -0.658. The van der Waals surface area contributed by atoms with Gasteiger partial charge in [0.2, 0.25) is 0 Å². The van der Waals surface area contributed by atoms with E-state index in [1.807, 2.05) is 0 Å². The molecule has 0 bridgehead atoms. The molecule has 3 heterocycles. The molecule has 21 heteroatoms. The fraction of sp³-hybridized carbons (Fsp3) is 0.467. The number of nitrogen functional groups attached to an aromatic ring is 1. The highest BCUT2D eigenvalue weighted by atomic mass is 31.3. The quantitative estimate of drug-likeness (QED) is 0.0995. The Morgan fingerprint density at radius 1 is 1.39 bits per heavy atom. The Balaban J connectivity index is 1.78. The van der Waals surface area contributed by atoms with Gasteiger partial charge in [-0.1, -0.05) is 17.0 Å². The fourth-order valence-corrected chi connectivity index (χ4v) is 5.21. The average Bonchev–Trinajstić information content (AvgIpc) is 3.37. The zero-order chi connectivity index (χ0) is 26.3. The van der Waals surface area contributed by atoms with Crippen molar-refractivity contribution in [3.63, 3.8) is 0 Å². The van der Waals surface area contributed by atoms with Crippen molar-refractivity contribution in [3.05, 3.63) is 28.5 Å². The lowest BCUT2D eigenvalue weighted by atomic mass is 10.2. The lowest BCUT2D eigenvalue weighted by Crippen LogP contribution is -2.28. The van der Waals surface area contributed by atoms with E-state index in [2.05, 4.69) is 40.5 Å². The van der Waals surface area contributed by atoms with Gasteiger partial charge in [-0.3, -0.25) is 0 Å². The van der Waals surface area contributed by atoms with Crippen molar-refractivity contribution >= 4 is 41.2 Å². The molecule has 0 saturated carbocycles. The van der Waals surface area contributed by atoms with E-state index < -0.39 is 49.4 Å². The van der Waals surface area contributed by atoms with Crippen LogP contribution in [0, 0.1) is 11.8 Å². The number of phosphoric acid groups is 1. The topological polar surface area (TPSA) is 269 Å². The van der Waals surface area contributed by atoms with Gasteiger partial charge in [0, 0.05) is 26.7 Å². The molecule has 2 aromatic heterocycles. The predicted octanol–water partition coefficient (Wildman–Crippen LogP) is 1.72. The molecule has 0 radical (unpaired) electrons. The molecule has 5 unspecified atom stereocenters. The molecular formula is C15H19N8O10P3+2. The summed E-state index contributed by atoms with van der Waals surface area (Å²) in [7, 11) is -11.7. The van der Waals surface area contributed by atoms with Crippen LogP contribution in [0.25, 0.3) is 21.5 Å². The number of ether oxygens (including phenoxy) is 2. The van der Waals surface area contributed by atoms with E-state index in [0.717, 1.165) is 0 Å². The second-order valence-electron chi connectivity index (χ2n) is 6.74. The van der Waals surface area contributed by atoms with Crippen LogP contribution in [0.2, 0.25) is 0 Å². The van der Waals surface area contributed by atoms with Crippen molar-refractivity contribution in [1.29, 1.82) is 0 Å². The van der Waals surface area contributed by atoms with Crippen LogP contribution in [-0.2, 0) is 36.3 Å². The zero-order valence-electron chi connectivity index (χ0n) is 18.1. The maximum Gasteiger partial charge on any atom is 0.758 e. The Hall–Kier alpha value is -2.60. The molecule has 6 N–H and O–H groups in total. The first kappa shape index (κ1) is 28.0. The van der Waals surface area contributed by atoms with Gasteiger partial charge in [0.15, 0.2) is 4.31 Å². The second kappa shape index (κ2) is 12.6. The van der Waals surface area contributed by atoms with Crippen LogP contribution in [0.1, 0.15) is 18.2 Å². The number of fused-ring (bicyclic) bond motifs is 1. The molecule has 1 saturated heterocycles. The molecular weight excluding hydrogens is 545 g/mol. The Morgan fingerprint density at radius 2 is 2.17 bits per heavy atom. The third kappa shape index (κ3) is 7.45. The smallest absolute Gasteiger partial charge is 0.383 e. The van der Waals surface area contributed by atoms with E-state index in [1.54, 1.807) is 10.8 Å². The lowest BCUT2D eigenvalue weighted by molar-refractivity contribution is -0.0547. The number of rotatable bonds is 11. The highest BCUT2D eigenvalue weighted by Gasteiger charge is 2.47. The normalized spacial score (nSPS) is 20.5. The average molecular weight is 564 g/mol. The molecule has 1 aliphatic heterocycles. The number of hydrogen-bond donors (Lipinski definition) is 4. The first-order valence-electron chi connectivity index (χ1n) is 9.71. The van der Waals surface area contributed by atoms with Gasteiger partial charge < -0.3 is 35.3 Å². The number of aromatic nitrogens is 3. The molecule has 0 aromatic carbocycles. The third-order valence-electron chi connectivity index (χ3n) is 4.51. The Bertz CT molecular complexity index is 1300. The molecule has 192 valence electrons. The standard InChI is InChI=1S/C15H17N8O10P3/c16-3-1-2-9-5-23(15-13(9)14(17)19-7-20-15)12-4-10(29-8-21-22-18)11(31-12)6-30-34(24)32-35(25)33-36(26,27)28/h5,7,10-12H,3-4,6,8,16H2,(H2-2,17,19,20,26,27,28)/p+2. The van der Waals surface area contributed by atoms with Gasteiger partial charge in [0.1, 0.15) is 43.5 Å². The fourth-order valence-electron chi connectivity index (χ4n) is 3.23. The first-order valence-corrected chi connectivity index (χ1v) is 13.4. The molecule has 1 aliphatic rings. The minimum Gasteiger partial charge on any atom is -0.383 e. The van der Waals surface area contributed by atoms with Crippen molar-refractivity contribution in [3.8, 4) is 11.8 Å². The summed E-state index contributed by atoms with van der Waals surface area (Å²) in [6, 6.07) is 0. The molecule has 2 aromatic rings. The van der Waals surface area contributed by atoms with Gasteiger partial charge in [-0.2, -0.15) is 0 Å². The van der Waals surface area contributed by atoms with Crippen molar-refractivity contribution in [2.75, 3.05) is 25.6 Å². The van der Waals surface area contributed by atoms with Crippen molar-refractivity contribution < 1.29 is 46.1 Å². The van der Waals surface area contributed by atoms with E-state index >= 15 is 0 Å². The second-order valence-corrected chi connectivity index (χ2v) is 10.2. The molecule has 0 aliphatic carbocycles. The number of nitrogens with zero attached hydrogens (tertiary/aromatic N) is 6. The maximum atomic E-state index is 11.9. The van der Waals surface area contributed by atoms with E-state index in [9.17, 15) is 13.7 Å². The molecule has 5 atom stereocenters. The van der Waals surface area contributed by atoms with Gasteiger partial charge in [0.05, 0.1) is 23.6 Å². The molecule has 18 nitrogen and oxygen atoms in total.